The van der Waals surface area contributed by atoms with Crippen molar-refractivity contribution in [2.24, 2.45) is 0 Å². The third kappa shape index (κ3) is 5.09. The maximum atomic E-state index is 12.0. The van der Waals surface area contributed by atoms with Crippen LogP contribution < -0.4 is 10.6 Å². The van der Waals surface area contributed by atoms with E-state index in [9.17, 15) is 4.79 Å². The Kier molecular flexibility index (Phi) is 6.15. The summed E-state index contributed by atoms with van der Waals surface area (Å²) in [6, 6.07) is 12.0. The van der Waals surface area contributed by atoms with Crippen LogP contribution in [0.2, 0.25) is 0 Å². The molecule has 0 spiro atoms. The zero-order valence-electron chi connectivity index (χ0n) is 14.1. The summed E-state index contributed by atoms with van der Waals surface area (Å²) in [6.07, 6.45) is 4.83. The molecule has 2 aromatic rings. The first-order chi connectivity index (χ1) is 11.1. The van der Waals surface area contributed by atoms with Crippen molar-refractivity contribution in [3.05, 3.63) is 48.3 Å². The van der Waals surface area contributed by atoms with Gasteiger partial charge in [0.25, 0.3) is 0 Å². The van der Waals surface area contributed by atoms with Gasteiger partial charge in [-0.1, -0.05) is 32.4 Å². The van der Waals surface area contributed by atoms with Crippen molar-refractivity contribution in [3.63, 3.8) is 0 Å². The first kappa shape index (κ1) is 17.0. The number of hydrogen-bond donors (Lipinski definition) is 2. The Morgan fingerprint density at radius 2 is 1.87 bits per heavy atom. The van der Waals surface area contributed by atoms with Crippen LogP contribution in [-0.2, 0) is 0 Å². The lowest BCUT2D eigenvalue weighted by atomic mass is 10.1. The highest BCUT2D eigenvalue weighted by Crippen LogP contribution is 2.21. The minimum absolute atomic E-state index is 0.141. The highest BCUT2D eigenvalue weighted by molar-refractivity contribution is 5.89. The smallest absolute Gasteiger partial charge is 0.319 e. The van der Waals surface area contributed by atoms with Crippen molar-refractivity contribution < 1.29 is 4.79 Å². The van der Waals surface area contributed by atoms with Crippen molar-refractivity contribution in [3.8, 4) is 11.1 Å². The number of benzene rings is 1. The Morgan fingerprint density at radius 3 is 2.48 bits per heavy atom. The molecule has 122 valence electrons. The number of carbonyl (C=O) groups is 1. The highest BCUT2D eigenvalue weighted by atomic mass is 16.2. The number of pyridine rings is 1. The molecule has 1 aromatic carbocycles. The minimum Gasteiger partial charge on any atom is -0.335 e. The molecule has 2 rings (SSSR count). The zero-order valence-corrected chi connectivity index (χ0v) is 14.1. The predicted molar refractivity (Wildman–Crippen MR) is 95.6 cm³/mol. The standard InChI is InChI=1S/C19H25N3O/c1-4-6-17(5-2)21-19(23)22-18-9-7-15(8-10-18)16-11-12-20-14(3)13-16/h7-13,17H,4-6H2,1-3H3,(H2,21,22,23). The normalized spacial score (nSPS) is 11.8. The fraction of sp³-hybridized carbons (Fsp3) is 0.368. The van der Waals surface area contributed by atoms with Crippen molar-refractivity contribution in [2.45, 2.75) is 46.1 Å². The summed E-state index contributed by atoms with van der Waals surface area (Å²) in [5.41, 5.74) is 4.02. The van der Waals surface area contributed by atoms with Gasteiger partial charge in [0.1, 0.15) is 0 Å². The monoisotopic (exact) mass is 311 g/mol. The average Bonchev–Trinajstić information content (AvgIpc) is 2.55. The predicted octanol–water partition coefficient (Wildman–Crippen LogP) is 4.76. The number of amides is 2. The van der Waals surface area contributed by atoms with Crippen LogP contribution in [0.15, 0.2) is 42.6 Å². The average molecular weight is 311 g/mol. The molecule has 1 unspecified atom stereocenters. The van der Waals surface area contributed by atoms with Crippen LogP contribution in [0.1, 0.15) is 38.8 Å². The molecule has 1 heterocycles. The second-order valence-electron chi connectivity index (χ2n) is 5.76. The minimum atomic E-state index is -0.141. The number of hydrogen-bond acceptors (Lipinski definition) is 2. The third-order valence-corrected chi connectivity index (χ3v) is 3.84. The number of rotatable bonds is 6. The number of anilines is 1. The van der Waals surface area contributed by atoms with Gasteiger partial charge in [-0.25, -0.2) is 4.79 Å². The number of aryl methyl sites for hydroxylation is 1. The Balaban J connectivity index is 1.98. The van der Waals surface area contributed by atoms with Crippen LogP contribution in [0.4, 0.5) is 10.5 Å². The number of nitrogens with one attached hydrogen (secondary N) is 2. The van der Waals surface area contributed by atoms with Crippen molar-refractivity contribution in [1.82, 2.24) is 10.3 Å². The molecule has 0 bridgehead atoms. The van der Waals surface area contributed by atoms with E-state index in [4.69, 9.17) is 0 Å². The van der Waals surface area contributed by atoms with E-state index in [1.165, 1.54) is 0 Å². The Hall–Kier alpha value is -2.36. The molecule has 0 saturated heterocycles. The van der Waals surface area contributed by atoms with E-state index in [0.29, 0.717) is 0 Å². The third-order valence-electron chi connectivity index (χ3n) is 3.84. The van der Waals surface area contributed by atoms with Gasteiger partial charge in [-0.3, -0.25) is 4.98 Å². The summed E-state index contributed by atoms with van der Waals surface area (Å²) >= 11 is 0. The molecular formula is C19H25N3O. The van der Waals surface area contributed by atoms with Gasteiger partial charge in [0.05, 0.1) is 0 Å². The van der Waals surface area contributed by atoms with Crippen molar-refractivity contribution in [2.75, 3.05) is 5.32 Å². The number of urea groups is 1. The maximum absolute atomic E-state index is 12.0. The Bertz CT molecular complexity index is 637. The molecule has 0 fully saturated rings. The van der Waals surface area contributed by atoms with Crippen molar-refractivity contribution >= 4 is 11.7 Å². The van der Waals surface area contributed by atoms with Crippen LogP contribution in [-0.4, -0.2) is 17.1 Å². The van der Waals surface area contributed by atoms with E-state index in [-0.39, 0.29) is 12.1 Å². The van der Waals surface area contributed by atoms with Gasteiger partial charge in [-0.15, -0.1) is 0 Å². The van der Waals surface area contributed by atoms with E-state index >= 15 is 0 Å². The highest BCUT2D eigenvalue weighted by Gasteiger charge is 2.09. The molecule has 0 aliphatic heterocycles. The molecule has 1 atom stereocenters. The molecule has 0 saturated carbocycles. The molecule has 23 heavy (non-hydrogen) atoms. The summed E-state index contributed by atoms with van der Waals surface area (Å²) in [5.74, 6) is 0. The molecule has 1 aromatic heterocycles. The van der Waals surface area contributed by atoms with Gasteiger partial charge in [-0.05, 0) is 55.2 Å². The quantitative estimate of drug-likeness (QED) is 0.808. The molecule has 4 heteroatoms. The lowest BCUT2D eigenvalue weighted by Gasteiger charge is -2.16. The van der Waals surface area contributed by atoms with Crippen LogP contribution in [0.3, 0.4) is 0 Å². The topological polar surface area (TPSA) is 54.0 Å². The van der Waals surface area contributed by atoms with Gasteiger partial charge in [0.2, 0.25) is 0 Å². The van der Waals surface area contributed by atoms with Gasteiger partial charge >= 0.3 is 6.03 Å². The van der Waals surface area contributed by atoms with E-state index in [1.807, 2.05) is 49.5 Å². The second kappa shape index (κ2) is 8.32. The Labute approximate surface area is 138 Å². The largest absolute Gasteiger partial charge is 0.335 e. The second-order valence-corrected chi connectivity index (χ2v) is 5.76. The zero-order chi connectivity index (χ0) is 16.7. The summed E-state index contributed by atoms with van der Waals surface area (Å²) in [7, 11) is 0. The molecule has 4 nitrogen and oxygen atoms in total. The lowest BCUT2D eigenvalue weighted by molar-refractivity contribution is 0.247. The molecule has 2 N–H and O–H groups in total. The molecular weight excluding hydrogens is 286 g/mol. The van der Waals surface area contributed by atoms with Crippen LogP contribution in [0.25, 0.3) is 11.1 Å². The van der Waals surface area contributed by atoms with Crippen LogP contribution in [0.5, 0.6) is 0 Å². The summed E-state index contributed by atoms with van der Waals surface area (Å²) in [5, 5.41) is 5.90. The van der Waals surface area contributed by atoms with Crippen LogP contribution >= 0.6 is 0 Å². The fourth-order valence-electron chi connectivity index (χ4n) is 2.55. The molecule has 2 amide bonds. The number of carbonyl (C=O) groups excluding carboxylic acids is 1. The van der Waals surface area contributed by atoms with Crippen LogP contribution in [0, 0.1) is 6.92 Å². The van der Waals surface area contributed by atoms with E-state index in [2.05, 4.69) is 29.5 Å². The molecule has 0 aliphatic rings. The SMILES string of the molecule is CCCC(CC)NC(=O)Nc1ccc(-c2ccnc(C)c2)cc1. The first-order valence-corrected chi connectivity index (χ1v) is 8.23. The van der Waals surface area contributed by atoms with Gasteiger partial charge < -0.3 is 10.6 Å². The first-order valence-electron chi connectivity index (χ1n) is 8.23. The summed E-state index contributed by atoms with van der Waals surface area (Å²) in [4.78, 5) is 16.2. The lowest BCUT2D eigenvalue weighted by Crippen LogP contribution is -2.37. The summed E-state index contributed by atoms with van der Waals surface area (Å²) in [6.45, 7) is 6.19. The number of aromatic nitrogens is 1. The molecule has 0 aliphatic carbocycles. The van der Waals surface area contributed by atoms with E-state index in [0.717, 1.165) is 41.8 Å². The van der Waals surface area contributed by atoms with Gasteiger partial charge in [0, 0.05) is 23.6 Å². The van der Waals surface area contributed by atoms with Gasteiger partial charge in [-0.2, -0.15) is 0 Å². The van der Waals surface area contributed by atoms with Crippen molar-refractivity contribution in [1.29, 1.82) is 0 Å². The fourth-order valence-corrected chi connectivity index (χ4v) is 2.55. The maximum Gasteiger partial charge on any atom is 0.319 e. The number of nitrogens with zero attached hydrogens (tertiary/aromatic N) is 1. The van der Waals surface area contributed by atoms with E-state index < -0.39 is 0 Å². The Morgan fingerprint density at radius 1 is 1.13 bits per heavy atom. The van der Waals surface area contributed by atoms with Gasteiger partial charge in [0.15, 0.2) is 0 Å². The summed E-state index contributed by atoms with van der Waals surface area (Å²) < 4.78 is 0. The molecule has 0 radical (unpaired) electrons. The van der Waals surface area contributed by atoms with E-state index in [1.54, 1.807) is 0 Å².